The molecule has 0 fully saturated rings. The number of nitrogens with zero attached hydrogens (tertiary/aromatic N) is 2. The minimum absolute atomic E-state index is 0.0580. The number of hydrogen-bond acceptors (Lipinski definition) is 8. The molecule has 0 aliphatic heterocycles. The first-order valence-electron chi connectivity index (χ1n) is 11.1. The minimum Gasteiger partial charge on any atom is -0.497 e. The number of methoxy groups -OCH3 is 4. The van der Waals surface area contributed by atoms with Crippen molar-refractivity contribution < 1.29 is 32.2 Å². The fourth-order valence-corrected chi connectivity index (χ4v) is 4.84. The van der Waals surface area contributed by atoms with Gasteiger partial charge in [-0.2, -0.15) is 5.10 Å². The zero-order valence-electron chi connectivity index (χ0n) is 21.2. The number of rotatable bonds is 11. The first-order chi connectivity index (χ1) is 17.7. The largest absolute Gasteiger partial charge is 0.497 e. The molecule has 0 aliphatic rings. The number of hydrazone groups is 1. The Bertz CT molecular complexity index is 1330. The van der Waals surface area contributed by atoms with Crippen LogP contribution in [0.5, 0.6) is 23.0 Å². The van der Waals surface area contributed by atoms with E-state index in [1.807, 2.05) is 6.92 Å². The number of nitrogens with one attached hydrogen (secondary N) is 1. The van der Waals surface area contributed by atoms with E-state index in [4.69, 9.17) is 18.9 Å². The van der Waals surface area contributed by atoms with Crippen LogP contribution in [0.2, 0.25) is 0 Å². The van der Waals surface area contributed by atoms with Gasteiger partial charge in [-0.1, -0.05) is 17.7 Å². The first kappa shape index (κ1) is 27.3. The third-order valence-corrected chi connectivity index (χ3v) is 7.13. The molecule has 196 valence electrons. The molecule has 1 N–H and O–H groups in total. The SMILES string of the molecule is COc1ccc(N(CC(=O)N/N=C\c2cc(OC)c(OC)c(OC)c2)S(=O)(=O)c2ccc(C)cc2)cc1. The van der Waals surface area contributed by atoms with E-state index in [-0.39, 0.29) is 4.90 Å². The summed E-state index contributed by atoms with van der Waals surface area (Å²) in [4.78, 5) is 12.9. The second-order valence-electron chi connectivity index (χ2n) is 7.77. The Labute approximate surface area is 216 Å². The second-order valence-corrected chi connectivity index (χ2v) is 9.64. The summed E-state index contributed by atoms with van der Waals surface area (Å²) < 4.78 is 49.0. The summed E-state index contributed by atoms with van der Waals surface area (Å²) in [5.74, 6) is 1.17. The Hall–Kier alpha value is -4.25. The van der Waals surface area contributed by atoms with Crippen molar-refractivity contribution in [2.45, 2.75) is 11.8 Å². The zero-order chi connectivity index (χ0) is 27.0. The van der Waals surface area contributed by atoms with Gasteiger partial charge < -0.3 is 18.9 Å². The normalized spacial score (nSPS) is 11.2. The third kappa shape index (κ3) is 6.50. The lowest BCUT2D eigenvalue weighted by Crippen LogP contribution is -2.39. The molecule has 37 heavy (non-hydrogen) atoms. The van der Waals surface area contributed by atoms with Crippen LogP contribution in [0, 0.1) is 6.92 Å². The van der Waals surface area contributed by atoms with Crippen LogP contribution in [0.25, 0.3) is 0 Å². The third-order valence-electron chi connectivity index (χ3n) is 5.35. The molecule has 0 bridgehead atoms. The number of ether oxygens (including phenoxy) is 4. The van der Waals surface area contributed by atoms with Crippen LogP contribution in [0.4, 0.5) is 5.69 Å². The first-order valence-corrected chi connectivity index (χ1v) is 12.5. The number of amides is 1. The van der Waals surface area contributed by atoms with Gasteiger partial charge in [-0.15, -0.1) is 0 Å². The Morgan fingerprint density at radius 2 is 1.49 bits per heavy atom. The molecule has 0 unspecified atom stereocenters. The van der Waals surface area contributed by atoms with Crippen LogP contribution < -0.4 is 28.7 Å². The lowest BCUT2D eigenvalue weighted by atomic mass is 10.2. The fraction of sp³-hybridized carbons (Fsp3) is 0.231. The maximum atomic E-state index is 13.5. The molecule has 3 aromatic carbocycles. The molecular weight excluding hydrogens is 498 g/mol. The van der Waals surface area contributed by atoms with E-state index in [0.717, 1.165) is 9.87 Å². The van der Waals surface area contributed by atoms with Gasteiger partial charge in [-0.05, 0) is 55.5 Å². The van der Waals surface area contributed by atoms with Gasteiger partial charge in [0.1, 0.15) is 12.3 Å². The van der Waals surface area contributed by atoms with Crippen molar-refractivity contribution in [1.82, 2.24) is 5.43 Å². The molecule has 0 heterocycles. The Balaban J connectivity index is 1.85. The van der Waals surface area contributed by atoms with Gasteiger partial charge in [-0.25, -0.2) is 13.8 Å². The van der Waals surface area contributed by atoms with E-state index in [2.05, 4.69) is 10.5 Å². The molecule has 0 saturated heterocycles. The number of carbonyl (C=O) groups is 1. The number of aryl methyl sites for hydroxylation is 1. The number of sulfonamides is 1. The average molecular weight is 528 g/mol. The lowest BCUT2D eigenvalue weighted by Gasteiger charge is -2.24. The van der Waals surface area contributed by atoms with Crippen molar-refractivity contribution in [1.29, 1.82) is 0 Å². The van der Waals surface area contributed by atoms with Crippen LogP contribution >= 0.6 is 0 Å². The molecule has 10 nitrogen and oxygen atoms in total. The Kier molecular flexibility index (Phi) is 8.96. The van der Waals surface area contributed by atoms with Crippen molar-refractivity contribution in [3.63, 3.8) is 0 Å². The van der Waals surface area contributed by atoms with E-state index >= 15 is 0 Å². The van der Waals surface area contributed by atoms with Crippen molar-refractivity contribution >= 4 is 27.8 Å². The van der Waals surface area contributed by atoms with Gasteiger partial charge in [-0.3, -0.25) is 9.10 Å². The van der Waals surface area contributed by atoms with Crippen molar-refractivity contribution in [3.8, 4) is 23.0 Å². The van der Waals surface area contributed by atoms with Crippen molar-refractivity contribution in [2.24, 2.45) is 5.10 Å². The Morgan fingerprint density at radius 3 is 2.00 bits per heavy atom. The van der Waals surface area contributed by atoms with Crippen molar-refractivity contribution in [2.75, 3.05) is 39.3 Å². The van der Waals surface area contributed by atoms with Gasteiger partial charge in [0.15, 0.2) is 11.5 Å². The van der Waals surface area contributed by atoms with Crippen LogP contribution in [-0.2, 0) is 14.8 Å². The maximum absolute atomic E-state index is 13.5. The van der Waals surface area contributed by atoms with Gasteiger partial charge in [0, 0.05) is 5.56 Å². The number of benzene rings is 3. The molecule has 0 spiro atoms. The van der Waals surface area contributed by atoms with Crippen LogP contribution in [-0.4, -0.2) is 55.5 Å². The lowest BCUT2D eigenvalue weighted by molar-refractivity contribution is -0.119. The summed E-state index contributed by atoms with van der Waals surface area (Å²) in [6.07, 6.45) is 1.38. The van der Waals surface area contributed by atoms with Crippen LogP contribution in [0.3, 0.4) is 0 Å². The quantitative estimate of drug-likeness (QED) is 0.300. The van der Waals surface area contributed by atoms with Gasteiger partial charge in [0.2, 0.25) is 5.75 Å². The van der Waals surface area contributed by atoms with E-state index in [1.165, 1.54) is 46.8 Å². The van der Waals surface area contributed by atoms with E-state index in [1.54, 1.807) is 48.5 Å². The monoisotopic (exact) mass is 527 g/mol. The summed E-state index contributed by atoms with van der Waals surface area (Å²) in [5.41, 5.74) is 4.15. The summed E-state index contributed by atoms with van der Waals surface area (Å²) >= 11 is 0. The predicted octanol–water partition coefficient (Wildman–Crippen LogP) is 3.38. The van der Waals surface area contributed by atoms with Crippen LogP contribution in [0.15, 0.2) is 70.7 Å². The molecule has 0 aliphatic carbocycles. The summed E-state index contributed by atoms with van der Waals surface area (Å²) in [5, 5.41) is 3.97. The van der Waals surface area contributed by atoms with E-state index in [9.17, 15) is 13.2 Å². The summed E-state index contributed by atoms with van der Waals surface area (Å²) in [6.45, 7) is 1.35. The van der Waals surface area contributed by atoms with Crippen molar-refractivity contribution in [3.05, 3.63) is 71.8 Å². The summed E-state index contributed by atoms with van der Waals surface area (Å²) in [7, 11) is 1.92. The Morgan fingerprint density at radius 1 is 0.892 bits per heavy atom. The standard InChI is InChI=1S/C26H29N3O7S/c1-18-6-12-22(13-7-18)37(31,32)29(20-8-10-21(33-2)11-9-20)17-25(30)28-27-16-19-14-23(34-3)26(36-5)24(15-19)35-4/h6-16H,17H2,1-5H3,(H,28,30)/b27-16-. The van der Waals surface area contributed by atoms with E-state index < -0.39 is 22.5 Å². The molecule has 3 rings (SSSR count). The zero-order valence-corrected chi connectivity index (χ0v) is 22.0. The molecule has 0 saturated carbocycles. The topological polar surface area (TPSA) is 116 Å². The molecule has 11 heteroatoms. The molecule has 0 aromatic heterocycles. The molecule has 0 atom stereocenters. The molecule has 1 amide bonds. The van der Waals surface area contributed by atoms with E-state index in [0.29, 0.717) is 34.2 Å². The highest BCUT2D eigenvalue weighted by atomic mass is 32.2. The fourth-order valence-electron chi connectivity index (χ4n) is 3.42. The number of hydrogen-bond donors (Lipinski definition) is 1. The predicted molar refractivity (Wildman–Crippen MR) is 141 cm³/mol. The smallest absolute Gasteiger partial charge is 0.264 e. The molecule has 0 radical (unpaired) electrons. The highest BCUT2D eigenvalue weighted by molar-refractivity contribution is 7.92. The highest BCUT2D eigenvalue weighted by Crippen LogP contribution is 2.37. The second kappa shape index (κ2) is 12.1. The summed E-state index contributed by atoms with van der Waals surface area (Å²) in [6, 6.07) is 16.1. The maximum Gasteiger partial charge on any atom is 0.264 e. The van der Waals surface area contributed by atoms with Gasteiger partial charge in [0.05, 0.1) is 45.2 Å². The highest BCUT2D eigenvalue weighted by Gasteiger charge is 2.27. The van der Waals surface area contributed by atoms with Crippen LogP contribution in [0.1, 0.15) is 11.1 Å². The molecular formula is C26H29N3O7S. The van der Waals surface area contributed by atoms with Gasteiger partial charge >= 0.3 is 0 Å². The number of anilines is 1. The number of carbonyl (C=O) groups excluding carboxylic acids is 1. The van der Waals surface area contributed by atoms with Gasteiger partial charge in [0.25, 0.3) is 15.9 Å². The minimum atomic E-state index is -4.06. The average Bonchev–Trinajstić information content (AvgIpc) is 2.91. The molecule has 3 aromatic rings.